The van der Waals surface area contributed by atoms with E-state index >= 15 is 0 Å². The van der Waals surface area contributed by atoms with Gasteiger partial charge in [-0.3, -0.25) is 0 Å². The van der Waals surface area contributed by atoms with Gasteiger partial charge in [-0.25, -0.2) is 15.0 Å². The second kappa shape index (κ2) is 6.24. The largest absolute Gasteiger partial charge is 0.497 e. The molecule has 0 amide bonds. The van der Waals surface area contributed by atoms with E-state index in [0.29, 0.717) is 12.4 Å². The molecular weight excluding hydrogens is 240 g/mol. The average molecular weight is 258 g/mol. The molecule has 5 nitrogen and oxygen atoms in total. The first kappa shape index (κ1) is 13.4. The van der Waals surface area contributed by atoms with Crippen molar-refractivity contribution in [3.05, 3.63) is 47.3 Å². The van der Waals surface area contributed by atoms with Crippen LogP contribution >= 0.6 is 0 Å². The SMILES string of the molecule is COc1ccc(CCc2nc(C)nc(CN)n2)cc1. The van der Waals surface area contributed by atoms with E-state index in [1.54, 1.807) is 7.11 Å². The highest BCUT2D eigenvalue weighted by molar-refractivity contribution is 5.27. The van der Waals surface area contributed by atoms with Gasteiger partial charge in [-0.2, -0.15) is 0 Å². The van der Waals surface area contributed by atoms with E-state index in [4.69, 9.17) is 10.5 Å². The molecule has 0 unspecified atom stereocenters. The van der Waals surface area contributed by atoms with E-state index in [0.717, 1.165) is 30.2 Å². The Morgan fingerprint density at radius 3 is 2.32 bits per heavy atom. The molecule has 0 fully saturated rings. The lowest BCUT2D eigenvalue weighted by molar-refractivity contribution is 0.414. The van der Waals surface area contributed by atoms with Crippen LogP contribution in [0.5, 0.6) is 5.75 Å². The van der Waals surface area contributed by atoms with Crippen molar-refractivity contribution < 1.29 is 4.74 Å². The fourth-order valence-electron chi connectivity index (χ4n) is 1.85. The van der Waals surface area contributed by atoms with Crippen molar-refractivity contribution in [2.45, 2.75) is 26.3 Å². The van der Waals surface area contributed by atoms with Crippen molar-refractivity contribution >= 4 is 0 Å². The van der Waals surface area contributed by atoms with E-state index in [-0.39, 0.29) is 0 Å². The summed E-state index contributed by atoms with van der Waals surface area (Å²) in [6.07, 6.45) is 1.67. The van der Waals surface area contributed by atoms with Crippen LogP contribution in [-0.4, -0.2) is 22.1 Å². The van der Waals surface area contributed by atoms with Gasteiger partial charge < -0.3 is 10.5 Å². The number of hydrogen-bond acceptors (Lipinski definition) is 5. The Labute approximate surface area is 112 Å². The molecule has 2 N–H and O–H groups in total. The molecule has 1 aromatic carbocycles. The van der Waals surface area contributed by atoms with Gasteiger partial charge >= 0.3 is 0 Å². The maximum absolute atomic E-state index is 5.56. The normalized spacial score (nSPS) is 10.5. The summed E-state index contributed by atoms with van der Waals surface area (Å²) in [5, 5.41) is 0. The van der Waals surface area contributed by atoms with E-state index in [1.165, 1.54) is 5.56 Å². The third kappa shape index (κ3) is 3.72. The minimum atomic E-state index is 0.346. The number of methoxy groups -OCH3 is 1. The first-order valence-corrected chi connectivity index (χ1v) is 6.24. The van der Waals surface area contributed by atoms with Crippen molar-refractivity contribution in [1.82, 2.24) is 15.0 Å². The van der Waals surface area contributed by atoms with Crippen molar-refractivity contribution in [2.24, 2.45) is 5.73 Å². The van der Waals surface area contributed by atoms with Gasteiger partial charge in [0.25, 0.3) is 0 Å². The molecule has 1 aromatic heterocycles. The standard InChI is InChI=1S/C14H18N4O/c1-10-16-13(18-14(9-15)17-10)8-5-11-3-6-12(19-2)7-4-11/h3-4,6-7H,5,8-9,15H2,1-2H3. The highest BCUT2D eigenvalue weighted by atomic mass is 16.5. The lowest BCUT2D eigenvalue weighted by atomic mass is 10.1. The van der Waals surface area contributed by atoms with Crippen LogP contribution in [0.25, 0.3) is 0 Å². The zero-order chi connectivity index (χ0) is 13.7. The smallest absolute Gasteiger partial charge is 0.146 e. The van der Waals surface area contributed by atoms with Crippen molar-refractivity contribution in [3.63, 3.8) is 0 Å². The Balaban J connectivity index is 2.03. The van der Waals surface area contributed by atoms with Gasteiger partial charge in [0, 0.05) is 6.42 Å². The van der Waals surface area contributed by atoms with E-state index in [9.17, 15) is 0 Å². The molecule has 1 heterocycles. The molecule has 5 heteroatoms. The molecule has 19 heavy (non-hydrogen) atoms. The molecule has 0 saturated heterocycles. The van der Waals surface area contributed by atoms with Crippen LogP contribution in [0.3, 0.4) is 0 Å². The summed E-state index contributed by atoms with van der Waals surface area (Å²) >= 11 is 0. The van der Waals surface area contributed by atoms with Crippen molar-refractivity contribution in [2.75, 3.05) is 7.11 Å². The van der Waals surface area contributed by atoms with Gasteiger partial charge in [-0.05, 0) is 31.0 Å². The number of nitrogens with two attached hydrogens (primary N) is 1. The molecule has 100 valence electrons. The lowest BCUT2D eigenvalue weighted by Crippen LogP contribution is -2.10. The summed E-state index contributed by atoms with van der Waals surface area (Å²) in [6.45, 7) is 2.20. The quantitative estimate of drug-likeness (QED) is 0.878. The molecule has 0 bridgehead atoms. The Hall–Kier alpha value is -2.01. The van der Waals surface area contributed by atoms with Gasteiger partial charge in [-0.1, -0.05) is 12.1 Å². The Morgan fingerprint density at radius 1 is 1.00 bits per heavy atom. The number of aryl methyl sites for hydroxylation is 3. The second-order valence-corrected chi connectivity index (χ2v) is 4.27. The summed E-state index contributed by atoms with van der Waals surface area (Å²) < 4.78 is 5.13. The van der Waals surface area contributed by atoms with Gasteiger partial charge in [0.1, 0.15) is 23.2 Å². The highest BCUT2D eigenvalue weighted by Crippen LogP contribution is 2.12. The first-order chi connectivity index (χ1) is 9.21. The van der Waals surface area contributed by atoms with Crippen LogP contribution in [0.15, 0.2) is 24.3 Å². The number of nitrogens with zero attached hydrogens (tertiary/aromatic N) is 3. The molecule has 2 aromatic rings. The zero-order valence-corrected chi connectivity index (χ0v) is 11.3. The second-order valence-electron chi connectivity index (χ2n) is 4.27. The Kier molecular flexibility index (Phi) is 4.41. The molecule has 0 radical (unpaired) electrons. The van der Waals surface area contributed by atoms with E-state index in [2.05, 4.69) is 27.1 Å². The van der Waals surface area contributed by atoms with Gasteiger partial charge in [0.15, 0.2) is 0 Å². The monoisotopic (exact) mass is 258 g/mol. The van der Waals surface area contributed by atoms with Gasteiger partial charge in [-0.15, -0.1) is 0 Å². The van der Waals surface area contributed by atoms with Crippen LogP contribution in [0.4, 0.5) is 0 Å². The van der Waals surface area contributed by atoms with E-state index in [1.807, 2.05) is 19.1 Å². The Bertz CT molecular complexity index is 540. The van der Waals surface area contributed by atoms with Gasteiger partial charge in [0.2, 0.25) is 0 Å². The predicted molar refractivity (Wildman–Crippen MR) is 72.9 cm³/mol. The molecule has 0 atom stereocenters. The number of hydrogen-bond donors (Lipinski definition) is 1. The summed E-state index contributed by atoms with van der Waals surface area (Å²) in [5.41, 5.74) is 6.79. The fraction of sp³-hybridized carbons (Fsp3) is 0.357. The predicted octanol–water partition coefficient (Wildman–Crippen LogP) is 1.43. The minimum absolute atomic E-state index is 0.346. The van der Waals surface area contributed by atoms with Gasteiger partial charge in [0.05, 0.1) is 13.7 Å². The average Bonchev–Trinajstić information content (AvgIpc) is 2.45. The molecule has 2 rings (SSSR count). The first-order valence-electron chi connectivity index (χ1n) is 6.24. The molecule has 0 aliphatic heterocycles. The summed E-state index contributed by atoms with van der Waals surface area (Å²) in [5.74, 6) is 3.03. The van der Waals surface area contributed by atoms with Crippen LogP contribution in [0.1, 0.15) is 23.0 Å². The number of rotatable bonds is 5. The highest BCUT2D eigenvalue weighted by Gasteiger charge is 2.03. The third-order valence-electron chi connectivity index (χ3n) is 2.82. The summed E-state index contributed by atoms with van der Waals surface area (Å²) in [6, 6.07) is 8.02. The van der Waals surface area contributed by atoms with Crippen LogP contribution in [0.2, 0.25) is 0 Å². The van der Waals surface area contributed by atoms with Crippen LogP contribution < -0.4 is 10.5 Å². The lowest BCUT2D eigenvalue weighted by Gasteiger charge is -2.05. The van der Waals surface area contributed by atoms with Crippen molar-refractivity contribution in [1.29, 1.82) is 0 Å². The third-order valence-corrected chi connectivity index (χ3v) is 2.82. The van der Waals surface area contributed by atoms with E-state index < -0.39 is 0 Å². The molecule has 0 spiro atoms. The summed E-state index contributed by atoms with van der Waals surface area (Å²) in [7, 11) is 1.66. The minimum Gasteiger partial charge on any atom is -0.497 e. The maximum atomic E-state index is 5.56. The number of benzene rings is 1. The van der Waals surface area contributed by atoms with Crippen LogP contribution in [-0.2, 0) is 19.4 Å². The topological polar surface area (TPSA) is 73.9 Å². The molecule has 0 aliphatic rings. The molecular formula is C14H18N4O. The maximum Gasteiger partial charge on any atom is 0.146 e. The number of ether oxygens (including phenoxy) is 1. The zero-order valence-electron chi connectivity index (χ0n) is 11.3. The van der Waals surface area contributed by atoms with Crippen LogP contribution in [0, 0.1) is 6.92 Å². The number of aromatic nitrogens is 3. The van der Waals surface area contributed by atoms with Crippen molar-refractivity contribution in [3.8, 4) is 5.75 Å². The summed E-state index contributed by atoms with van der Waals surface area (Å²) in [4.78, 5) is 12.8. The Morgan fingerprint density at radius 2 is 1.68 bits per heavy atom. The molecule has 0 saturated carbocycles. The molecule has 0 aliphatic carbocycles. The fourth-order valence-corrected chi connectivity index (χ4v) is 1.85.